The number of aromatic nitrogens is 3. The molecule has 5 N–H and O–H groups in total. The molecule has 2 aromatic heterocycles. The third-order valence-corrected chi connectivity index (χ3v) is 3.54. The molecule has 7 nitrogen and oxygen atoms in total. The molecule has 0 bridgehead atoms. The molecule has 2 rings (SSSR count). The molecule has 0 amide bonds. The number of hydrogen-bond donors (Lipinski definition) is 4. The molecule has 8 heteroatoms. The SMILES string of the molecule is CSC[C@@H](O)C(CO)=NCc1c[nH]c2c(N)ncnc12. The van der Waals surface area contributed by atoms with E-state index in [0.717, 1.165) is 5.56 Å². The summed E-state index contributed by atoms with van der Waals surface area (Å²) >= 11 is 1.50. The first-order valence-electron chi connectivity index (χ1n) is 6.04. The van der Waals surface area contributed by atoms with Crippen LogP contribution in [0.5, 0.6) is 0 Å². The molecular formula is C12H17N5O2S. The summed E-state index contributed by atoms with van der Waals surface area (Å²) in [5, 5.41) is 19.1. The largest absolute Gasteiger partial charge is 0.390 e. The number of thioether (sulfide) groups is 1. The standard InChI is InChI=1S/C12H17N5O2S/c1-20-5-9(19)8(4-18)14-2-7-3-15-11-10(7)16-6-17-12(11)13/h3,6,9,15,18-19H,2,4-5H2,1H3,(H2,13,16,17)/t9-/m1/s1. The van der Waals surface area contributed by atoms with E-state index >= 15 is 0 Å². The highest BCUT2D eigenvalue weighted by Gasteiger charge is 2.12. The van der Waals surface area contributed by atoms with Crippen molar-refractivity contribution in [3.8, 4) is 0 Å². The molecule has 0 spiro atoms. The van der Waals surface area contributed by atoms with Gasteiger partial charge in [-0.25, -0.2) is 9.97 Å². The molecule has 0 aliphatic heterocycles. The van der Waals surface area contributed by atoms with Gasteiger partial charge in [-0.3, -0.25) is 4.99 Å². The molecule has 1 atom stereocenters. The summed E-state index contributed by atoms with van der Waals surface area (Å²) in [4.78, 5) is 15.3. The Morgan fingerprint density at radius 1 is 1.55 bits per heavy atom. The van der Waals surface area contributed by atoms with Crippen LogP contribution in [0.4, 0.5) is 5.82 Å². The van der Waals surface area contributed by atoms with Crippen molar-refractivity contribution < 1.29 is 10.2 Å². The van der Waals surface area contributed by atoms with Gasteiger partial charge in [0.2, 0.25) is 0 Å². The average molecular weight is 295 g/mol. The van der Waals surface area contributed by atoms with Crippen LogP contribution in [0.2, 0.25) is 0 Å². The first-order valence-corrected chi connectivity index (χ1v) is 7.44. The Morgan fingerprint density at radius 3 is 3.05 bits per heavy atom. The molecular weight excluding hydrogens is 278 g/mol. The molecule has 2 heterocycles. The zero-order valence-corrected chi connectivity index (χ0v) is 11.9. The molecule has 0 radical (unpaired) electrons. The fourth-order valence-corrected chi connectivity index (χ4v) is 2.34. The number of nitrogens with two attached hydrogens (primary N) is 1. The van der Waals surface area contributed by atoms with Crippen molar-refractivity contribution in [2.24, 2.45) is 4.99 Å². The maximum absolute atomic E-state index is 9.83. The number of aromatic amines is 1. The monoisotopic (exact) mass is 295 g/mol. The first-order chi connectivity index (χ1) is 9.67. The quantitative estimate of drug-likeness (QED) is 0.565. The van der Waals surface area contributed by atoms with Gasteiger partial charge >= 0.3 is 0 Å². The number of nitrogens with zero attached hydrogens (tertiary/aromatic N) is 3. The number of aliphatic hydroxyl groups is 2. The lowest BCUT2D eigenvalue weighted by atomic mass is 10.2. The average Bonchev–Trinajstić information content (AvgIpc) is 2.85. The summed E-state index contributed by atoms with van der Waals surface area (Å²) in [6.45, 7) is 0.0546. The molecule has 20 heavy (non-hydrogen) atoms. The number of hydrogen-bond acceptors (Lipinski definition) is 7. The fourth-order valence-electron chi connectivity index (χ4n) is 1.83. The van der Waals surface area contributed by atoms with E-state index in [-0.39, 0.29) is 6.61 Å². The topological polar surface area (TPSA) is 120 Å². The minimum atomic E-state index is -0.736. The smallest absolute Gasteiger partial charge is 0.151 e. The summed E-state index contributed by atoms with van der Waals surface area (Å²) < 4.78 is 0. The van der Waals surface area contributed by atoms with Crippen LogP contribution in [0.1, 0.15) is 5.56 Å². The number of rotatable bonds is 6. The molecule has 0 fully saturated rings. The van der Waals surface area contributed by atoms with Crippen molar-refractivity contribution in [2.75, 3.05) is 24.3 Å². The van der Waals surface area contributed by atoms with Crippen LogP contribution in [0, 0.1) is 0 Å². The highest BCUT2D eigenvalue weighted by Crippen LogP contribution is 2.19. The highest BCUT2D eigenvalue weighted by molar-refractivity contribution is 7.98. The van der Waals surface area contributed by atoms with Crippen LogP contribution in [-0.4, -0.2) is 55.6 Å². The van der Waals surface area contributed by atoms with Crippen LogP contribution in [0.25, 0.3) is 11.0 Å². The first kappa shape index (κ1) is 14.8. The number of fused-ring (bicyclic) bond motifs is 1. The summed E-state index contributed by atoms with van der Waals surface area (Å²) in [6, 6.07) is 0. The second-order valence-corrected chi connectivity index (χ2v) is 5.14. The van der Waals surface area contributed by atoms with Crippen LogP contribution in [0.15, 0.2) is 17.5 Å². The van der Waals surface area contributed by atoms with Crippen LogP contribution in [0.3, 0.4) is 0 Å². The van der Waals surface area contributed by atoms with E-state index in [1.54, 1.807) is 6.20 Å². The molecule has 0 aliphatic carbocycles. The Labute approximate surface area is 120 Å². The second kappa shape index (κ2) is 6.69. The van der Waals surface area contributed by atoms with Gasteiger partial charge in [-0.15, -0.1) is 0 Å². The zero-order valence-electron chi connectivity index (χ0n) is 11.1. The molecule has 0 unspecified atom stereocenters. The van der Waals surface area contributed by atoms with E-state index in [9.17, 15) is 10.2 Å². The number of H-pyrrole nitrogens is 1. The molecule has 108 valence electrons. The second-order valence-electron chi connectivity index (χ2n) is 4.23. The van der Waals surface area contributed by atoms with Crippen molar-refractivity contribution in [1.29, 1.82) is 0 Å². The van der Waals surface area contributed by atoms with Gasteiger partial charge in [0.1, 0.15) is 17.9 Å². The van der Waals surface area contributed by atoms with Crippen molar-refractivity contribution in [1.82, 2.24) is 15.0 Å². The predicted molar refractivity (Wildman–Crippen MR) is 80.9 cm³/mol. The van der Waals surface area contributed by atoms with Crippen molar-refractivity contribution in [3.63, 3.8) is 0 Å². The summed E-state index contributed by atoms with van der Waals surface area (Å²) in [7, 11) is 0. The summed E-state index contributed by atoms with van der Waals surface area (Å²) in [6.07, 6.45) is 4.31. The highest BCUT2D eigenvalue weighted by atomic mass is 32.2. The molecule has 0 saturated heterocycles. The van der Waals surface area contributed by atoms with Gasteiger partial charge in [-0.2, -0.15) is 11.8 Å². The number of anilines is 1. The third kappa shape index (κ3) is 3.09. The van der Waals surface area contributed by atoms with Gasteiger partial charge < -0.3 is 20.9 Å². The van der Waals surface area contributed by atoms with E-state index in [0.29, 0.717) is 34.9 Å². The Bertz CT molecular complexity index is 613. The normalized spacial score (nSPS) is 13.8. The predicted octanol–water partition coefficient (Wildman–Crippen LogP) is 0.197. The zero-order chi connectivity index (χ0) is 14.5. The van der Waals surface area contributed by atoms with Crippen LogP contribution >= 0.6 is 11.8 Å². The molecule has 0 aliphatic rings. The number of aliphatic hydroxyl groups excluding tert-OH is 2. The van der Waals surface area contributed by atoms with Crippen molar-refractivity contribution >= 4 is 34.3 Å². The van der Waals surface area contributed by atoms with Gasteiger partial charge in [0.05, 0.1) is 24.4 Å². The van der Waals surface area contributed by atoms with E-state index in [2.05, 4.69) is 19.9 Å². The van der Waals surface area contributed by atoms with E-state index in [4.69, 9.17) is 5.73 Å². The lowest BCUT2D eigenvalue weighted by Gasteiger charge is -2.10. The third-order valence-electron chi connectivity index (χ3n) is 2.90. The van der Waals surface area contributed by atoms with Gasteiger partial charge in [0.25, 0.3) is 0 Å². The number of aliphatic imine (C=N–C) groups is 1. The van der Waals surface area contributed by atoms with E-state index in [1.807, 2.05) is 6.26 Å². The maximum Gasteiger partial charge on any atom is 0.151 e. The Morgan fingerprint density at radius 2 is 2.35 bits per heavy atom. The van der Waals surface area contributed by atoms with Gasteiger partial charge in [-0.05, 0) is 6.26 Å². The number of nitrogens with one attached hydrogen (secondary N) is 1. The number of nitrogen functional groups attached to an aromatic ring is 1. The minimum Gasteiger partial charge on any atom is -0.390 e. The van der Waals surface area contributed by atoms with Gasteiger partial charge in [0, 0.05) is 17.5 Å². The van der Waals surface area contributed by atoms with Crippen LogP contribution < -0.4 is 5.73 Å². The van der Waals surface area contributed by atoms with Gasteiger partial charge in [0.15, 0.2) is 5.82 Å². The maximum atomic E-state index is 9.83. The lowest BCUT2D eigenvalue weighted by Crippen LogP contribution is -2.26. The molecule has 2 aromatic rings. The van der Waals surface area contributed by atoms with Crippen LogP contribution in [-0.2, 0) is 6.54 Å². The molecule has 0 saturated carbocycles. The Balaban J connectivity index is 2.21. The van der Waals surface area contributed by atoms with Crippen molar-refractivity contribution in [3.05, 3.63) is 18.1 Å². The fraction of sp³-hybridized carbons (Fsp3) is 0.417. The summed E-state index contributed by atoms with van der Waals surface area (Å²) in [5.74, 6) is 0.887. The summed E-state index contributed by atoms with van der Waals surface area (Å²) in [5.41, 5.74) is 8.33. The molecule has 0 aromatic carbocycles. The van der Waals surface area contributed by atoms with Gasteiger partial charge in [-0.1, -0.05) is 0 Å². The van der Waals surface area contributed by atoms with Crippen molar-refractivity contribution in [2.45, 2.75) is 12.6 Å². The Kier molecular flexibility index (Phi) is 4.94. The lowest BCUT2D eigenvalue weighted by molar-refractivity contribution is 0.250. The Hall–Kier alpha value is -1.64. The minimum absolute atomic E-state index is 0.263. The van der Waals surface area contributed by atoms with E-state index < -0.39 is 6.10 Å². The van der Waals surface area contributed by atoms with E-state index in [1.165, 1.54) is 18.1 Å².